The SMILES string of the molecule is O[C@@H](CNCc1ccccc1F)Cn1c2c(c3ccccc31)CCCC2. The molecule has 1 aliphatic rings. The molecule has 4 heteroatoms. The van der Waals surface area contributed by atoms with E-state index in [1.807, 2.05) is 6.07 Å². The van der Waals surface area contributed by atoms with Crippen LogP contribution in [0.4, 0.5) is 4.39 Å². The zero-order chi connectivity index (χ0) is 17.9. The van der Waals surface area contributed by atoms with E-state index >= 15 is 0 Å². The predicted octanol–water partition coefficient (Wildman–Crippen LogP) is 3.81. The lowest BCUT2D eigenvalue weighted by Crippen LogP contribution is -2.30. The van der Waals surface area contributed by atoms with Gasteiger partial charge in [-0.2, -0.15) is 0 Å². The zero-order valence-corrected chi connectivity index (χ0v) is 14.9. The van der Waals surface area contributed by atoms with Crippen molar-refractivity contribution in [1.82, 2.24) is 9.88 Å². The number of hydrogen-bond donors (Lipinski definition) is 2. The highest BCUT2D eigenvalue weighted by molar-refractivity contribution is 5.85. The molecule has 2 aromatic carbocycles. The number of halogens is 1. The molecule has 0 unspecified atom stereocenters. The molecule has 0 spiro atoms. The number of benzene rings is 2. The van der Waals surface area contributed by atoms with E-state index < -0.39 is 6.10 Å². The monoisotopic (exact) mass is 352 g/mol. The molecule has 136 valence electrons. The fraction of sp³-hybridized carbons (Fsp3) is 0.364. The Labute approximate surface area is 153 Å². The largest absolute Gasteiger partial charge is 0.390 e. The lowest BCUT2D eigenvalue weighted by atomic mass is 9.95. The first-order valence-corrected chi connectivity index (χ1v) is 9.45. The molecular weight excluding hydrogens is 327 g/mol. The van der Waals surface area contributed by atoms with E-state index in [1.54, 1.807) is 12.1 Å². The maximum absolute atomic E-state index is 13.7. The van der Waals surface area contributed by atoms with Gasteiger partial charge in [-0.05, 0) is 43.4 Å². The molecule has 3 nitrogen and oxygen atoms in total. The van der Waals surface area contributed by atoms with Gasteiger partial charge < -0.3 is 15.0 Å². The van der Waals surface area contributed by atoms with Gasteiger partial charge in [0, 0.05) is 35.2 Å². The molecule has 0 saturated carbocycles. The molecule has 26 heavy (non-hydrogen) atoms. The molecule has 1 aliphatic carbocycles. The number of para-hydroxylation sites is 1. The molecule has 0 bridgehead atoms. The minimum Gasteiger partial charge on any atom is -0.390 e. The Morgan fingerprint density at radius 2 is 1.81 bits per heavy atom. The van der Waals surface area contributed by atoms with Gasteiger partial charge in [-0.25, -0.2) is 4.39 Å². The summed E-state index contributed by atoms with van der Waals surface area (Å²) in [4.78, 5) is 0. The van der Waals surface area contributed by atoms with Gasteiger partial charge in [0.25, 0.3) is 0 Å². The van der Waals surface area contributed by atoms with E-state index in [9.17, 15) is 9.50 Å². The van der Waals surface area contributed by atoms with Gasteiger partial charge in [0.05, 0.1) is 12.6 Å². The van der Waals surface area contributed by atoms with E-state index in [1.165, 1.54) is 41.1 Å². The summed E-state index contributed by atoms with van der Waals surface area (Å²) < 4.78 is 16.0. The number of rotatable bonds is 6. The summed E-state index contributed by atoms with van der Waals surface area (Å²) >= 11 is 0. The Balaban J connectivity index is 1.46. The first kappa shape index (κ1) is 17.3. The summed E-state index contributed by atoms with van der Waals surface area (Å²) in [5.41, 5.74) is 4.68. The highest BCUT2D eigenvalue weighted by Gasteiger charge is 2.20. The van der Waals surface area contributed by atoms with Crippen molar-refractivity contribution in [3.05, 3.63) is 71.2 Å². The van der Waals surface area contributed by atoms with Crippen molar-refractivity contribution in [2.75, 3.05) is 6.54 Å². The molecule has 3 aromatic rings. The highest BCUT2D eigenvalue weighted by atomic mass is 19.1. The van der Waals surface area contributed by atoms with Gasteiger partial charge in [0.1, 0.15) is 5.82 Å². The van der Waals surface area contributed by atoms with Crippen LogP contribution >= 0.6 is 0 Å². The van der Waals surface area contributed by atoms with Crippen molar-refractivity contribution < 1.29 is 9.50 Å². The summed E-state index contributed by atoms with van der Waals surface area (Å²) in [7, 11) is 0. The average molecular weight is 352 g/mol. The molecule has 4 rings (SSSR count). The standard InChI is InChI=1S/C22H25FN2O/c23-20-10-4-1-7-16(20)13-24-14-17(26)15-25-21-11-5-2-8-18(21)19-9-3-6-12-22(19)25/h1-2,4-5,7-8,10-11,17,24,26H,3,6,9,12-15H2/t17-/m0/s1. The van der Waals surface area contributed by atoms with Crippen molar-refractivity contribution in [2.45, 2.75) is 44.9 Å². The topological polar surface area (TPSA) is 37.2 Å². The summed E-state index contributed by atoms with van der Waals surface area (Å²) in [6.45, 7) is 1.43. The number of aliphatic hydroxyl groups excluding tert-OH is 1. The van der Waals surface area contributed by atoms with Crippen LogP contribution in [0.2, 0.25) is 0 Å². The van der Waals surface area contributed by atoms with Crippen LogP contribution in [0, 0.1) is 5.82 Å². The average Bonchev–Trinajstić information content (AvgIpc) is 2.98. The molecule has 1 heterocycles. The fourth-order valence-corrected chi connectivity index (χ4v) is 4.09. The number of aromatic nitrogens is 1. The molecule has 0 radical (unpaired) electrons. The van der Waals surface area contributed by atoms with Crippen LogP contribution in [0.1, 0.15) is 29.7 Å². The number of nitrogens with zero attached hydrogens (tertiary/aromatic N) is 1. The van der Waals surface area contributed by atoms with Crippen molar-refractivity contribution in [1.29, 1.82) is 0 Å². The van der Waals surface area contributed by atoms with Crippen molar-refractivity contribution in [3.8, 4) is 0 Å². The molecule has 0 saturated heterocycles. The fourth-order valence-electron chi connectivity index (χ4n) is 4.09. The molecule has 0 amide bonds. The Kier molecular flexibility index (Phi) is 5.05. The summed E-state index contributed by atoms with van der Waals surface area (Å²) in [5, 5.41) is 15.1. The highest BCUT2D eigenvalue weighted by Crippen LogP contribution is 2.32. The van der Waals surface area contributed by atoms with Gasteiger partial charge in [0.15, 0.2) is 0 Å². The Hall–Kier alpha value is -2.17. The van der Waals surface area contributed by atoms with Crippen LogP contribution in [0.5, 0.6) is 0 Å². The van der Waals surface area contributed by atoms with E-state index in [0.717, 1.165) is 12.8 Å². The second-order valence-electron chi connectivity index (χ2n) is 7.14. The van der Waals surface area contributed by atoms with Crippen LogP contribution < -0.4 is 5.32 Å². The van der Waals surface area contributed by atoms with Gasteiger partial charge in [-0.1, -0.05) is 36.4 Å². The molecule has 1 aromatic heterocycles. The van der Waals surface area contributed by atoms with Gasteiger partial charge in [0.2, 0.25) is 0 Å². The Morgan fingerprint density at radius 3 is 2.69 bits per heavy atom. The first-order valence-electron chi connectivity index (χ1n) is 9.45. The van der Waals surface area contributed by atoms with Crippen LogP contribution in [-0.2, 0) is 25.9 Å². The molecule has 0 aliphatic heterocycles. The van der Waals surface area contributed by atoms with Gasteiger partial charge in [-0.3, -0.25) is 0 Å². The number of hydrogen-bond acceptors (Lipinski definition) is 2. The number of aliphatic hydroxyl groups is 1. The molecule has 0 fully saturated rings. The van der Waals surface area contributed by atoms with E-state index in [4.69, 9.17) is 0 Å². The van der Waals surface area contributed by atoms with E-state index in [-0.39, 0.29) is 5.82 Å². The number of nitrogens with one attached hydrogen (secondary N) is 1. The number of fused-ring (bicyclic) bond motifs is 3. The lowest BCUT2D eigenvalue weighted by molar-refractivity contribution is 0.151. The first-order chi connectivity index (χ1) is 12.7. The number of aryl methyl sites for hydroxylation is 1. The van der Waals surface area contributed by atoms with Gasteiger partial charge in [-0.15, -0.1) is 0 Å². The minimum atomic E-state index is -0.511. The minimum absolute atomic E-state index is 0.208. The lowest BCUT2D eigenvalue weighted by Gasteiger charge is -2.19. The Morgan fingerprint density at radius 1 is 1.04 bits per heavy atom. The normalized spacial score (nSPS) is 15.2. The van der Waals surface area contributed by atoms with Crippen LogP contribution in [0.15, 0.2) is 48.5 Å². The van der Waals surface area contributed by atoms with Crippen molar-refractivity contribution >= 4 is 10.9 Å². The third kappa shape index (κ3) is 3.39. The molecule has 1 atom stereocenters. The second kappa shape index (κ2) is 7.60. The second-order valence-corrected chi connectivity index (χ2v) is 7.14. The van der Waals surface area contributed by atoms with Crippen molar-refractivity contribution in [2.24, 2.45) is 0 Å². The third-order valence-electron chi connectivity index (χ3n) is 5.33. The van der Waals surface area contributed by atoms with E-state index in [2.05, 4.69) is 34.1 Å². The quantitative estimate of drug-likeness (QED) is 0.708. The third-order valence-corrected chi connectivity index (χ3v) is 5.33. The Bertz CT molecular complexity index is 902. The summed E-state index contributed by atoms with van der Waals surface area (Å²) in [6, 6.07) is 15.2. The van der Waals surface area contributed by atoms with Gasteiger partial charge >= 0.3 is 0 Å². The predicted molar refractivity (Wildman–Crippen MR) is 103 cm³/mol. The summed E-state index contributed by atoms with van der Waals surface area (Å²) in [6.07, 6.45) is 4.16. The van der Waals surface area contributed by atoms with Crippen molar-refractivity contribution in [3.63, 3.8) is 0 Å². The van der Waals surface area contributed by atoms with Crippen LogP contribution in [0.25, 0.3) is 10.9 Å². The van der Waals surface area contributed by atoms with Crippen LogP contribution in [0.3, 0.4) is 0 Å². The van der Waals surface area contributed by atoms with Crippen LogP contribution in [-0.4, -0.2) is 22.3 Å². The smallest absolute Gasteiger partial charge is 0.127 e. The maximum Gasteiger partial charge on any atom is 0.127 e. The molecular formula is C22H25FN2O. The van der Waals surface area contributed by atoms with E-state index in [0.29, 0.717) is 25.2 Å². The zero-order valence-electron chi connectivity index (χ0n) is 14.9. The summed E-state index contributed by atoms with van der Waals surface area (Å²) in [5.74, 6) is -0.208. The maximum atomic E-state index is 13.7. The molecule has 2 N–H and O–H groups in total.